The minimum absolute atomic E-state index is 0.279. The van der Waals surface area contributed by atoms with Crippen LogP contribution < -0.4 is 0 Å². The normalized spacial score (nSPS) is 12.8. The van der Waals surface area contributed by atoms with E-state index >= 15 is 0 Å². The van der Waals surface area contributed by atoms with Crippen LogP contribution in [0.3, 0.4) is 0 Å². The van der Waals surface area contributed by atoms with Gasteiger partial charge in [-0.2, -0.15) is 0 Å². The summed E-state index contributed by atoms with van der Waals surface area (Å²) in [5, 5.41) is 11.2. The van der Waals surface area contributed by atoms with Crippen molar-refractivity contribution in [2.75, 3.05) is 0 Å². The van der Waals surface area contributed by atoms with Crippen LogP contribution in [0.1, 0.15) is 22.2 Å². The molecule has 0 spiro atoms. The molecule has 0 aliphatic carbocycles. The molecule has 20 heavy (non-hydrogen) atoms. The lowest BCUT2D eigenvalue weighted by Crippen LogP contribution is -2.04. The summed E-state index contributed by atoms with van der Waals surface area (Å²) in [7, 11) is 0. The summed E-state index contributed by atoms with van der Waals surface area (Å²) in [6, 6.07) is 12.4. The lowest BCUT2D eigenvalue weighted by Gasteiger charge is -2.12. The Balaban J connectivity index is 1.86. The van der Waals surface area contributed by atoms with E-state index < -0.39 is 6.10 Å². The van der Waals surface area contributed by atoms with E-state index in [1.165, 1.54) is 12.1 Å². The van der Waals surface area contributed by atoms with Crippen LogP contribution >= 0.6 is 11.3 Å². The number of aromatic nitrogens is 1. The van der Waals surface area contributed by atoms with Gasteiger partial charge in [-0.3, -0.25) is 0 Å². The molecular formula is C16H14FNOS. The first kappa shape index (κ1) is 13.2. The molecule has 0 radical (unpaired) electrons. The molecule has 4 heteroatoms. The van der Waals surface area contributed by atoms with Crippen molar-refractivity contribution in [1.82, 2.24) is 4.98 Å². The number of thiazole rings is 1. The molecule has 1 N–H and O–H groups in total. The van der Waals surface area contributed by atoms with Crippen molar-refractivity contribution in [2.24, 2.45) is 0 Å². The molecule has 0 fully saturated rings. The van der Waals surface area contributed by atoms with E-state index in [2.05, 4.69) is 4.98 Å². The van der Waals surface area contributed by atoms with E-state index in [0.29, 0.717) is 6.42 Å². The Morgan fingerprint density at radius 2 is 2.05 bits per heavy atom. The molecule has 3 rings (SSSR count). The molecule has 3 aromatic rings. The Hall–Kier alpha value is -1.78. The molecule has 1 unspecified atom stereocenters. The molecule has 1 heterocycles. The van der Waals surface area contributed by atoms with Crippen molar-refractivity contribution >= 4 is 21.6 Å². The van der Waals surface area contributed by atoms with Crippen molar-refractivity contribution in [2.45, 2.75) is 19.4 Å². The summed E-state index contributed by atoms with van der Waals surface area (Å²) >= 11 is 1.58. The number of para-hydroxylation sites is 1. The number of hydrogen-bond donors (Lipinski definition) is 1. The molecule has 2 nitrogen and oxygen atoms in total. The standard InChI is InChI=1S/C16H14FNOS/c1-10-8-11(17)6-7-12(10)14(19)9-16-18-13-4-2-3-5-15(13)20-16/h2-8,14,19H,9H2,1H3. The van der Waals surface area contributed by atoms with Gasteiger partial charge in [-0.05, 0) is 42.3 Å². The van der Waals surface area contributed by atoms with Crippen LogP contribution in [0.2, 0.25) is 0 Å². The van der Waals surface area contributed by atoms with Crippen LogP contribution in [0.4, 0.5) is 4.39 Å². The van der Waals surface area contributed by atoms with Gasteiger partial charge in [-0.1, -0.05) is 18.2 Å². The Morgan fingerprint density at radius 3 is 2.80 bits per heavy atom. The highest BCUT2D eigenvalue weighted by atomic mass is 32.1. The van der Waals surface area contributed by atoms with Crippen LogP contribution in [0.25, 0.3) is 10.2 Å². The maximum absolute atomic E-state index is 13.1. The van der Waals surface area contributed by atoms with Gasteiger partial charge in [0.15, 0.2) is 0 Å². The first-order chi connectivity index (χ1) is 9.63. The fraction of sp³-hybridized carbons (Fsp3) is 0.188. The summed E-state index contributed by atoms with van der Waals surface area (Å²) in [6.45, 7) is 1.81. The molecule has 0 aliphatic rings. The second-order valence-electron chi connectivity index (χ2n) is 4.80. The zero-order valence-electron chi connectivity index (χ0n) is 11.0. The highest BCUT2D eigenvalue weighted by Gasteiger charge is 2.14. The zero-order chi connectivity index (χ0) is 14.1. The van der Waals surface area contributed by atoms with Gasteiger partial charge in [0, 0.05) is 6.42 Å². The number of aliphatic hydroxyl groups excluding tert-OH is 1. The number of nitrogens with zero attached hydrogens (tertiary/aromatic N) is 1. The molecule has 2 aromatic carbocycles. The van der Waals surface area contributed by atoms with E-state index in [-0.39, 0.29) is 5.82 Å². The predicted octanol–water partition coefficient (Wildman–Crippen LogP) is 4.02. The van der Waals surface area contributed by atoms with Gasteiger partial charge in [0.1, 0.15) is 5.82 Å². The van der Waals surface area contributed by atoms with Crippen molar-refractivity contribution in [1.29, 1.82) is 0 Å². The van der Waals surface area contributed by atoms with Gasteiger partial charge in [-0.15, -0.1) is 11.3 Å². The van der Waals surface area contributed by atoms with Gasteiger partial charge in [0.2, 0.25) is 0 Å². The highest BCUT2D eigenvalue weighted by Crippen LogP contribution is 2.27. The average Bonchev–Trinajstić information content (AvgIpc) is 2.80. The SMILES string of the molecule is Cc1cc(F)ccc1C(O)Cc1nc2ccccc2s1. The van der Waals surface area contributed by atoms with E-state index in [1.54, 1.807) is 24.3 Å². The monoisotopic (exact) mass is 287 g/mol. The summed E-state index contributed by atoms with van der Waals surface area (Å²) in [6.07, 6.45) is -0.206. The van der Waals surface area contributed by atoms with Crippen molar-refractivity contribution in [3.05, 3.63) is 64.4 Å². The Bertz CT molecular complexity index is 720. The lowest BCUT2D eigenvalue weighted by atomic mass is 10.0. The van der Waals surface area contributed by atoms with Crippen molar-refractivity contribution in [3.63, 3.8) is 0 Å². The van der Waals surface area contributed by atoms with Crippen molar-refractivity contribution < 1.29 is 9.50 Å². The van der Waals surface area contributed by atoms with Crippen molar-refractivity contribution in [3.8, 4) is 0 Å². The fourth-order valence-electron chi connectivity index (χ4n) is 2.30. The third kappa shape index (κ3) is 2.57. The van der Waals surface area contributed by atoms with Gasteiger partial charge >= 0.3 is 0 Å². The summed E-state index contributed by atoms with van der Waals surface area (Å²) in [5.74, 6) is -0.279. The zero-order valence-corrected chi connectivity index (χ0v) is 11.8. The quantitative estimate of drug-likeness (QED) is 0.789. The number of aliphatic hydroxyl groups is 1. The fourth-order valence-corrected chi connectivity index (χ4v) is 3.30. The first-order valence-corrected chi connectivity index (χ1v) is 7.24. The number of benzene rings is 2. The molecule has 0 aliphatic heterocycles. The molecule has 0 saturated carbocycles. The first-order valence-electron chi connectivity index (χ1n) is 6.42. The smallest absolute Gasteiger partial charge is 0.123 e. The van der Waals surface area contributed by atoms with E-state index in [9.17, 15) is 9.50 Å². The van der Waals surface area contributed by atoms with E-state index in [0.717, 1.165) is 26.4 Å². The van der Waals surface area contributed by atoms with E-state index in [1.807, 2.05) is 24.3 Å². The van der Waals surface area contributed by atoms with Gasteiger partial charge in [0.05, 0.1) is 21.3 Å². The van der Waals surface area contributed by atoms with Crippen LogP contribution in [0, 0.1) is 12.7 Å². The van der Waals surface area contributed by atoms with Crippen LogP contribution in [0.15, 0.2) is 42.5 Å². The van der Waals surface area contributed by atoms with Gasteiger partial charge in [-0.25, -0.2) is 9.37 Å². The molecule has 0 bridgehead atoms. The van der Waals surface area contributed by atoms with Gasteiger partial charge in [0.25, 0.3) is 0 Å². The number of rotatable bonds is 3. The van der Waals surface area contributed by atoms with Crippen LogP contribution in [-0.2, 0) is 6.42 Å². The third-order valence-electron chi connectivity index (χ3n) is 3.30. The van der Waals surface area contributed by atoms with E-state index in [4.69, 9.17) is 0 Å². The molecular weight excluding hydrogens is 273 g/mol. The van der Waals surface area contributed by atoms with Gasteiger partial charge < -0.3 is 5.11 Å². The summed E-state index contributed by atoms with van der Waals surface area (Å²) in [4.78, 5) is 4.51. The number of fused-ring (bicyclic) bond motifs is 1. The summed E-state index contributed by atoms with van der Waals surface area (Å²) < 4.78 is 14.2. The predicted molar refractivity (Wildman–Crippen MR) is 79.4 cm³/mol. The molecule has 102 valence electrons. The lowest BCUT2D eigenvalue weighted by molar-refractivity contribution is 0.177. The number of hydrogen-bond acceptors (Lipinski definition) is 3. The number of aryl methyl sites for hydroxylation is 1. The molecule has 0 saturated heterocycles. The molecule has 0 amide bonds. The Kier molecular flexibility index (Phi) is 3.51. The highest BCUT2D eigenvalue weighted by molar-refractivity contribution is 7.18. The minimum atomic E-state index is -0.656. The second kappa shape index (κ2) is 5.31. The maximum Gasteiger partial charge on any atom is 0.123 e. The summed E-state index contributed by atoms with van der Waals surface area (Å²) in [5.41, 5.74) is 2.47. The third-order valence-corrected chi connectivity index (χ3v) is 4.36. The topological polar surface area (TPSA) is 33.1 Å². The average molecular weight is 287 g/mol. The minimum Gasteiger partial charge on any atom is -0.388 e. The molecule has 1 aromatic heterocycles. The maximum atomic E-state index is 13.1. The Morgan fingerprint density at radius 1 is 1.25 bits per heavy atom. The Labute approximate surface area is 120 Å². The second-order valence-corrected chi connectivity index (χ2v) is 5.91. The largest absolute Gasteiger partial charge is 0.388 e. The number of halogens is 1. The van der Waals surface area contributed by atoms with Crippen LogP contribution in [0.5, 0.6) is 0 Å². The van der Waals surface area contributed by atoms with Crippen LogP contribution in [-0.4, -0.2) is 10.1 Å². The molecule has 1 atom stereocenters.